The number of fused-ring (bicyclic) bond motifs is 13. The normalized spacial score (nSPS) is 12.2. The molecule has 0 N–H and O–H groups in total. The summed E-state index contributed by atoms with van der Waals surface area (Å²) in [5.74, 6) is 0.823. The topological polar surface area (TPSA) is 45.2 Å². The summed E-state index contributed by atoms with van der Waals surface area (Å²) in [6, 6.07) is 67.2. The highest BCUT2D eigenvalue weighted by Gasteiger charge is 2.23. The van der Waals surface area contributed by atoms with Gasteiger partial charge in [-0.3, -0.25) is 4.57 Å². The third-order valence-corrected chi connectivity index (χ3v) is 11.8. The van der Waals surface area contributed by atoms with E-state index in [1.807, 2.05) is 18.2 Å². The van der Waals surface area contributed by atoms with Gasteiger partial charge in [0, 0.05) is 44.0 Å². The molecular weight excluding hydrogens is 699 g/mol. The van der Waals surface area contributed by atoms with E-state index in [1.54, 1.807) is 0 Å². The average molecular weight is 730 g/mol. The lowest BCUT2D eigenvalue weighted by molar-refractivity contribution is 0.651. The highest BCUT2D eigenvalue weighted by atomic mass is 16.3. The fraction of sp³-hybridized carbons (Fsp3) is 0. The minimum Gasteiger partial charge on any atom is -0.437 e. The lowest BCUT2D eigenvalue weighted by Gasteiger charge is -2.11. The van der Waals surface area contributed by atoms with Crippen molar-refractivity contribution in [2.24, 2.45) is 0 Å². The smallest absolute Gasteiger partial charge is 0.234 e. The van der Waals surface area contributed by atoms with Gasteiger partial charge < -0.3 is 13.6 Å². The van der Waals surface area contributed by atoms with Crippen molar-refractivity contribution in [3.63, 3.8) is 0 Å². The van der Waals surface area contributed by atoms with Gasteiger partial charge in [0.1, 0.15) is 11.1 Å². The van der Waals surface area contributed by atoms with E-state index in [-0.39, 0.29) is 0 Å². The SMILES string of the molecule is c1ccc(-n2c3ccccc3c3cc(-c4ccc5c(c4)c4ccccc4n5-c4ccc5c(c4)n(-c4ccccc4)c4nc6c7ccccc7oc6n54)ccc32)cc1. The lowest BCUT2D eigenvalue weighted by Crippen LogP contribution is -1.97. The van der Waals surface area contributed by atoms with Gasteiger partial charge in [-0.1, -0.05) is 97.1 Å². The highest BCUT2D eigenvalue weighted by Crippen LogP contribution is 2.40. The van der Waals surface area contributed by atoms with Crippen molar-refractivity contribution in [2.75, 3.05) is 0 Å². The zero-order valence-corrected chi connectivity index (χ0v) is 30.5. The van der Waals surface area contributed by atoms with Crippen LogP contribution >= 0.6 is 0 Å². The number of nitrogens with zero attached hydrogens (tertiary/aromatic N) is 5. The molecule has 0 aliphatic heterocycles. The Balaban J connectivity index is 1.02. The van der Waals surface area contributed by atoms with Gasteiger partial charge in [0.25, 0.3) is 0 Å². The predicted molar refractivity (Wildman–Crippen MR) is 233 cm³/mol. The van der Waals surface area contributed by atoms with Crippen molar-refractivity contribution in [3.05, 3.63) is 188 Å². The van der Waals surface area contributed by atoms with Gasteiger partial charge in [0.05, 0.1) is 33.1 Å². The van der Waals surface area contributed by atoms with Crippen molar-refractivity contribution in [3.8, 4) is 28.2 Å². The number of hydrogen-bond donors (Lipinski definition) is 0. The molecular formula is C51H31N5O. The van der Waals surface area contributed by atoms with E-state index in [9.17, 15) is 0 Å². The third kappa shape index (κ3) is 4.21. The van der Waals surface area contributed by atoms with E-state index < -0.39 is 0 Å². The zero-order valence-electron chi connectivity index (χ0n) is 30.5. The van der Waals surface area contributed by atoms with E-state index in [1.165, 1.54) is 43.7 Å². The van der Waals surface area contributed by atoms with E-state index >= 15 is 0 Å². The van der Waals surface area contributed by atoms with Crippen molar-refractivity contribution >= 4 is 82.6 Å². The first-order chi connectivity index (χ1) is 28.3. The average Bonchev–Trinajstić information content (AvgIpc) is 4.06. The number of benzene rings is 8. The van der Waals surface area contributed by atoms with Crippen LogP contribution in [-0.4, -0.2) is 23.1 Å². The van der Waals surface area contributed by atoms with E-state index in [4.69, 9.17) is 9.40 Å². The Hall–Kier alpha value is -7.83. The molecule has 5 heterocycles. The van der Waals surface area contributed by atoms with Gasteiger partial charge in [-0.25, -0.2) is 9.38 Å². The Bertz CT molecular complexity index is 3750. The highest BCUT2D eigenvalue weighted by molar-refractivity contribution is 6.13. The fourth-order valence-electron chi connectivity index (χ4n) is 9.28. The van der Waals surface area contributed by atoms with Crippen LogP contribution in [0.15, 0.2) is 192 Å². The molecule has 0 bridgehead atoms. The summed E-state index contributed by atoms with van der Waals surface area (Å²) in [7, 11) is 0. The standard InChI is InChI=1S/C51H31N5O/c1-3-13-34(14-4-1)53-42-20-10-7-17-37(42)40-29-32(23-26-44(40)53)33-24-27-45-41(30-33)38-18-8-11-21-43(38)54(45)36-25-28-46-47(31-36)55(35-15-5-2-6-16-35)51-52-49-39-19-9-12-22-48(39)57-50(49)56(46)51/h1-31H. The molecule has 6 nitrogen and oxygen atoms in total. The molecule has 0 atom stereocenters. The van der Waals surface area contributed by atoms with Gasteiger partial charge in [0.2, 0.25) is 11.5 Å². The quantitative estimate of drug-likeness (QED) is 0.181. The molecule has 0 saturated carbocycles. The molecule has 5 aromatic heterocycles. The number of furan rings is 1. The van der Waals surface area contributed by atoms with Crippen molar-refractivity contribution in [1.29, 1.82) is 0 Å². The van der Waals surface area contributed by atoms with Crippen LogP contribution in [0.5, 0.6) is 0 Å². The summed E-state index contributed by atoms with van der Waals surface area (Å²) in [4.78, 5) is 5.22. The first-order valence-electron chi connectivity index (χ1n) is 19.3. The third-order valence-electron chi connectivity index (χ3n) is 11.8. The van der Waals surface area contributed by atoms with Crippen LogP contribution in [0.25, 0.3) is 111 Å². The van der Waals surface area contributed by atoms with Gasteiger partial charge in [-0.05, 0) is 102 Å². The van der Waals surface area contributed by atoms with Crippen molar-refractivity contribution < 1.29 is 4.42 Å². The lowest BCUT2D eigenvalue weighted by atomic mass is 10.0. The second-order valence-electron chi connectivity index (χ2n) is 14.8. The number of hydrogen-bond acceptors (Lipinski definition) is 2. The van der Waals surface area contributed by atoms with Gasteiger partial charge in [-0.2, -0.15) is 0 Å². The molecule has 0 fully saturated rings. The van der Waals surface area contributed by atoms with E-state index in [0.717, 1.165) is 67.1 Å². The van der Waals surface area contributed by atoms with Gasteiger partial charge in [0.15, 0.2) is 0 Å². The molecule has 0 aliphatic carbocycles. The molecule has 0 saturated heterocycles. The fourth-order valence-corrected chi connectivity index (χ4v) is 9.28. The van der Waals surface area contributed by atoms with E-state index in [2.05, 4.69) is 188 Å². The minimum atomic E-state index is 0.755. The molecule has 8 aromatic carbocycles. The zero-order chi connectivity index (χ0) is 37.2. The summed E-state index contributed by atoms with van der Waals surface area (Å²) in [6.45, 7) is 0. The number of para-hydroxylation sites is 5. The first kappa shape index (κ1) is 30.5. The predicted octanol–water partition coefficient (Wildman–Crippen LogP) is 13.0. The van der Waals surface area contributed by atoms with Crippen LogP contribution in [-0.2, 0) is 0 Å². The summed E-state index contributed by atoms with van der Waals surface area (Å²) in [5, 5.41) is 5.94. The molecule has 0 unspecified atom stereocenters. The Morgan fingerprint density at radius 3 is 1.51 bits per heavy atom. The maximum atomic E-state index is 6.48. The van der Waals surface area contributed by atoms with E-state index in [0.29, 0.717) is 0 Å². The Morgan fingerprint density at radius 1 is 0.351 bits per heavy atom. The first-order valence-corrected chi connectivity index (χ1v) is 19.3. The monoisotopic (exact) mass is 729 g/mol. The molecule has 6 heteroatoms. The Labute approximate surface area is 325 Å². The molecule has 57 heavy (non-hydrogen) atoms. The molecule has 0 radical (unpaired) electrons. The molecule has 0 amide bonds. The van der Waals surface area contributed by atoms with Crippen molar-refractivity contribution in [1.82, 2.24) is 23.1 Å². The number of imidazole rings is 2. The molecule has 0 spiro atoms. The summed E-state index contributed by atoms with van der Waals surface area (Å²) >= 11 is 0. The van der Waals surface area contributed by atoms with Crippen molar-refractivity contribution in [2.45, 2.75) is 0 Å². The van der Waals surface area contributed by atoms with Crippen LogP contribution in [0.3, 0.4) is 0 Å². The number of aromatic nitrogens is 5. The summed E-state index contributed by atoms with van der Waals surface area (Å²) < 4.78 is 15.6. The Morgan fingerprint density at radius 2 is 0.860 bits per heavy atom. The second-order valence-corrected chi connectivity index (χ2v) is 14.8. The van der Waals surface area contributed by atoms with Crippen LogP contribution in [0, 0.1) is 0 Å². The second kappa shape index (κ2) is 11.4. The van der Waals surface area contributed by atoms with Crippen LogP contribution in [0.1, 0.15) is 0 Å². The largest absolute Gasteiger partial charge is 0.437 e. The Kier molecular flexibility index (Phi) is 6.07. The van der Waals surface area contributed by atoms with Gasteiger partial charge in [-0.15, -0.1) is 0 Å². The van der Waals surface area contributed by atoms with Crippen LogP contribution < -0.4 is 0 Å². The molecule has 266 valence electrons. The molecule has 0 aliphatic rings. The molecule has 13 rings (SSSR count). The summed E-state index contributed by atoms with van der Waals surface area (Å²) in [6.07, 6.45) is 0. The van der Waals surface area contributed by atoms with Gasteiger partial charge >= 0.3 is 0 Å². The minimum absolute atomic E-state index is 0.755. The summed E-state index contributed by atoms with van der Waals surface area (Å²) in [5.41, 5.74) is 14.9. The van der Waals surface area contributed by atoms with Crippen LogP contribution in [0.4, 0.5) is 0 Å². The maximum Gasteiger partial charge on any atom is 0.234 e. The number of rotatable bonds is 4. The molecule has 13 aromatic rings. The van der Waals surface area contributed by atoms with Crippen LogP contribution in [0.2, 0.25) is 0 Å². The maximum absolute atomic E-state index is 6.48.